The molecule has 0 atom stereocenters. The Morgan fingerprint density at radius 3 is 2.67 bits per heavy atom. The Balaban J connectivity index is 1.69. The highest BCUT2D eigenvalue weighted by molar-refractivity contribution is 9.10. The van der Waals surface area contributed by atoms with Crippen molar-refractivity contribution in [1.82, 2.24) is 5.43 Å². The van der Waals surface area contributed by atoms with Gasteiger partial charge in [-0.1, -0.05) is 39.7 Å². The van der Waals surface area contributed by atoms with Gasteiger partial charge in [-0.3, -0.25) is 14.9 Å². The number of nitrogens with one attached hydrogen (secondary N) is 1. The molecule has 0 bridgehead atoms. The lowest BCUT2D eigenvalue weighted by Gasteiger charge is -2.10. The van der Waals surface area contributed by atoms with Crippen molar-refractivity contribution in [2.75, 3.05) is 0 Å². The first kappa shape index (κ1) is 21.5. The average molecular weight is 489 g/mol. The van der Waals surface area contributed by atoms with Crippen LogP contribution in [-0.2, 0) is 6.61 Å². The lowest BCUT2D eigenvalue weighted by molar-refractivity contribution is -0.384. The molecule has 1 amide bonds. The van der Waals surface area contributed by atoms with Crippen LogP contribution in [0.4, 0.5) is 5.69 Å². The summed E-state index contributed by atoms with van der Waals surface area (Å²) in [5.41, 5.74) is 4.15. The lowest BCUT2D eigenvalue weighted by atomic mass is 10.2. The van der Waals surface area contributed by atoms with Crippen LogP contribution in [0.3, 0.4) is 0 Å². The third-order valence-electron chi connectivity index (χ3n) is 3.96. The third-order valence-corrected chi connectivity index (χ3v) is 4.71. The summed E-state index contributed by atoms with van der Waals surface area (Å²) in [5, 5.41) is 15.4. The summed E-state index contributed by atoms with van der Waals surface area (Å²) in [6.45, 7) is 0.140. The Morgan fingerprint density at radius 1 is 1.17 bits per heavy atom. The molecule has 0 heterocycles. The molecule has 30 heavy (non-hydrogen) atoms. The maximum Gasteiger partial charge on any atom is 0.271 e. The molecule has 0 aliphatic carbocycles. The standard InChI is InChI=1S/C21H15BrClN3O4/c22-17-6-9-20(30-13-14-2-1-3-19(10-14)26(28)29)16(11-17)12-24-25-21(27)15-4-7-18(23)8-5-15/h1-12H,13H2,(H,25,27)/b24-12-. The maximum absolute atomic E-state index is 12.1. The highest BCUT2D eigenvalue weighted by atomic mass is 79.9. The fraction of sp³-hybridized carbons (Fsp3) is 0.0476. The van der Waals surface area contributed by atoms with Crippen molar-refractivity contribution < 1.29 is 14.5 Å². The van der Waals surface area contributed by atoms with E-state index in [9.17, 15) is 14.9 Å². The van der Waals surface area contributed by atoms with Gasteiger partial charge >= 0.3 is 0 Å². The fourth-order valence-corrected chi connectivity index (χ4v) is 3.00. The number of non-ortho nitro benzene ring substituents is 1. The zero-order valence-electron chi connectivity index (χ0n) is 15.4. The zero-order chi connectivity index (χ0) is 21.5. The molecule has 7 nitrogen and oxygen atoms in total. The van der Waals surface area contributed by atoms with E-state index in [1.165, 1.54) is 18.3 Å². The van der Waals surface area contributed by atoms with Crippen molar-refractivity contribution in [2.45, 2.75) is 6.61 Å². The number of hydrogen-bond donors (Lipinski definition) is 1. The van der Waals surface area contributed by atoms with Crippen molar-refractivity contribution in [3.05, 3.63) is 103 Å². The van der Waals surface area contributed by atoms with Gasteiger partial charge in [-0.15, -0.1) is 0 Å². The van der Waals surface area contributed by atoms with Gasteiger partial charge < -0.3 is 4.74 Å². The van der Waals surface area contributed by atoms with Crippen molar-refractivity contribution in [3.63, 3.8) is 0 Å². The number of hydrogen-bond acceptors (Lipinski definition) is 5. The molecule has 0 radical (unpaired) electrons. The number of nitro benzene ring substituents is 1. The van der Waals surface area contributed by atoms with Gasteiger partial charge in [-0.25, -0.2) is 5.43 Å². The van der Waals surface area contributed by atoms with E-state index in [1.807, 2.05) is 0 Å². The molecular formula is C21H15BrClN3O4. The van der Waals surface area contributed by atoms with Crippen molar-refractivity contribution >= 4 is 45.3 Å². The predicted octanol–water partition coefficient (Wildman–Crippen LogP) is 5.35. The molecule has 0 aromatic heterocycles. The zero-order valence-corrected chi connectivity index (χ0v) is 17.8. The summed E-state index contributed by atoms with van der Waals surface area (Å²) in [6, 6.07) is 18.0. The number of amides is 1. The number of carbonyl (C=O) groups excluding carboxylic acids is 1. The van der Waals surface area contributed by atoms with Crippen LogP contribution in [0.1, 0.15) is 21.5 Å². The van der Waals surface area contributed by atoms with Crippen LogP contribution in [0.15, 0.2) is 76.3 Å². The molecule has 152 valence electrons. The van der Waals surface area contributed by atoms with Crippen LogP contribution in [0.2, 0.25) is 5.02 Å². The number of hydrazone groups is 1. The van der Waals surface area contributed by atoms with E-state index >= 15 is 0 Å². The Labute approximate surface area is 185 Å². The molecule has 3 aromatic carbocycles. The fourth-order valence-electron chi connectivity index (χ4n) is 2.50. The summed E-state index contributed by atoms with van der Waals surface area (Å²) in [6.07, 6.45) is 1.46. The van der Waals surface area contributed by atoms with Crippen LogP contribution in [-0.4, -0.2) is 17.0 Å². The van der Waals surface area contributed by atoms with E-state index in [-0.39, 0.29) is 18.2 Å². The summed E-state index contributed by atoms with van der Waals surface area (Å²) in [5.74, 6) is 0.131. The molecule has 3 aromatic rings. The normalized spacial score (nSPS) is 10.7. The molecule has 0 aliphatic rings. The molecule has 3 rings (SSSR count). The number of halogens is 2. The third kappa shape index (κ3) is 5.88. The van der Waals surface area contributed by atoms with Gasteiger partial charge in [0.15, 0.2) is 0 Å². The highest BCUT2D eigenvalue weighted by Gasteiger charge is 2.08. The van der Waals surface area contributed by atoms with E-state index in [2.05, 4.69) is 26.5 Å². The quantitative estimate of drug-likeness (QED) is 0.275. The predicted molar refractivity (Wildman–Crippen MR) is 118 cm³/mol. The van der Waals surface area contributed by atoms with E-state index in [0.717, 1.165) is 4.47 Å². The van der Waals surface area contributed by atoms with E-state index in [0.29, 0.717) is 27.5 Å². The van der Waals surface area contributed by atoms with Crippen molar-refractivity contribution in [1.29, 1.82) is 0 Å². The SMILES string of the molecule is O=C(N/N=C\c1cc(Br)ccc1OCc1cccc([N+](=O)[O-])c1)c1ccc(Cl)cc1. The van der Waals surface area contributed by atoms with Gasteiger partial charge in [0, 0.05) is 32.8 Å². The van der Waals surface area contributed by atoms with Crippen LogP contribution >= 0.6 is 27.5 Å². The Bertz CT molecular complexity index is 1100. The Morgan fingerprint density at radius 2 is 1.93 bits per heavy atom. The minimum absolute atomic E-state index is 0.00129. The minimum Gasteiger partial charge on any atom is -0.488 e. The average Bonchev–Trinajstić information content (AvgIpc) is 2.73. The summed E-state index contributed by atoms with van der Waals surface area (Å²) in [7, 11) is 0. The number of nitro groups is 1. The number of ether oxygens (including phenoxy) is 1. The first-order chi connectivity index (χ1) is 14.4. The van der Waals surface area contributed by atoms with Gasteiger partial charge in [-0.2, -0.15) is 5.10 Å². The molecule has 0 fully saturated rings. The summed E-state index contributed by atoms with van der Waals surface area (Å²) in [4.78, 5) is 22.6. The first-order valence-electron chi connectivity index (χ1n) is 8.67. The molecule has 0 saturated carbocycles. The number of rotatable bonds is 7. The Kier molecular flexibility index (Phi) is 7.16. The number of nitrogens with zero attached hydrogens (tertiary/aromatic N) is 2. The molecular weight excluding hydrogens is 474 g/mol. The smallest absolute Gasteiger partial charge is 0.271 e. The first-order valence-corrected chi connectivity index (χ1v) is 9.84. The van der Waals surface area contributed by atoms with E-state index in [1.54, 1.807) is 54.6 Å². The van der Waals surface area contributed by atoms with Gasteiger partial charge in [-0.05, 0) is 48.0 Å². The molecule has 0 aliphatic heterocycles. The van der Waals surface area contributed by atoms with Crippen LogP contribution < -0.4 is 10.2 Å². The maximum atomic E-state index is 12.1. The monoisotopic (exact) mass is 487 g/mol. The van der Waals surface area contributed by atoms with E-state index in [4.69, 9.17) is 16.3 Å². The molecule has 0 unspecified atom stereocenters. The molecule has 9 heteroatoms. The number of benzene rings is 3. The minimum atomic E-state index is -0.454. The highest BCUT2D eigenvalue weighted by Crippen LogP contribution is 2.23. The van der Waals surface area contributed by atoms with Crippen LogP contribution in [0.5, 0.6) is 5.75 Å². The molecule has 1 N–H and O–H groups in total. The van der Waals surface area contributed by atoms with Crippen molar-refractivity contribution in [3.8, 4) is 5.75 Å². The van der Waals surface area contributed by atoms with Gasteiger partial charge in [0.2, 0.25) is 0 Å². The van der Waals surface area contributed by atoms with Gasteiger partial charge in [0.1, 0.15) is 12.4 Å². The largest absolute Gasteiger partial charge is 0.488 e. The molecule has 0 spiro atoms. The second kappa shape index (κ2) is 10.00. The topological polar surface area (TPSA) is 93.8 Å². The second-order valence-corrected chi connectivity index (χ2v) is 7.46. The Hall–Kier alpha value is -3.23. The molecule has 0 saturated heterocycles. The number of carbonyl (C=O) groups is 1. The van der Waals surface area contributed by atoms with Crippen LogP contribution in [0, 0.1) is 10.1 Å². The van der Waals surface area contributed by atoms with Gasteiger partial charge in [0.25, 0.3) is 11.6 Å². The lowest BCUT2D eigenvalue weighted by Crippen LogP contribution is -2.17. The van der Waals surface area contributed by atoms with Crippen LogP contribution in [0.25, 0.3) is 0 Å². The van der Waals surface area contributed by atoms with Gasteiger partial charge in [0.05, 0.1) is 11.1 Å². The summed E-state index contributed by atoms with van der Waals surface area (Å²) >= 11 is 9.21. The van der Waals surface area contributed by atoms with Crippen molar-refractivity contribution in [2.24, 2.45) is 5.10 Å². The van der Waals surface area contributed by atoms with E-state index < -0.39 is 4.92 Å². The second-order valence-electron chi connectivity index (χ2n) is 6.10. The summed E-state index contributed by atoms with van der Waals surface area (Å²) < 4.78 is 6.61.